The first-order chi connectivity index (χ1) is 14.6. The second-order valence-corrected chi connectivity index (χ2v) is 8.42. The highest BCUT2D eigenvalue weighted by Gasteiger charge is 2.24. The lowest BCUT2D eigenvalue weighted by Crippen LogP contribution is -2.30. The maximum absolute atomic E-state index is 13.5. The third-order valence-electron chi connectivity index (χ3n) is 4.65. The van der Waals surface area contributed by atoms with Crippen LogP contribution in [0, 0.1) is 0 Å². The number of nitrogens with zero attached hydrogens (tertiary/aromatic N) is 2. The van der Waals surface area contributed by atoms with E-state index in [4.69, 9.17) is 14.5 Å². The van der Waals surface area contributed by atoms with Crippen LogP contribution in [0.3, 0.4) is 0 Å². The number of carbonyl (C=O) groups excluding carboxylic acids is 1. The molecule has 0 fully saturated rings. The summed E-state index contributed by atoms with van der Waals surface area (Å²) in [6.07, 6.45) is 0. The maximum Gasteiger partial charge on any atom is 0.260 e. The first kappa shape index (κ1) is 20.4. The van der Waals surface area contributed by atoms with Gasteiger partial charge in [-0.25, -0.2) is 4.98 Å². The fourth-order valence-corrected chi connectivity index (χ4v) is 4.47. The number of hydrogen-bond acceptors (Lipinski definition) is 5. The monoisotopic (exact) mass is 482 g/mol. The lowest BCUT2D eigenvalue weighted by atomic mass is 10.1. The minimum absolute atomic E-state index is 0.122. The van der Waals surface area contributed by atoms with E-state index in [0.717, 1.165) is 14.7 Å². The zero-order valence-corrected chi connectivity index (χ0v) is 18.9. The van der Waals surface area contributed by atoms with E-state index in [1.807, 2.05) is 54.6 Å². The fraction of sp³-hybridized carbons (Fsp3) is 0.130. The van der Waals surface area contributed by atoms with Gasteiger partial charge in [0.2, 0.25) is 0 Å². The molecule has 7 heteroatoms. The Morgan fingerprint density at radius 2 is 1.63 bits per heavy atom. The molecule has 0 spiro atoms. The molecule has 0 atom stereocenters. The van der Waals surface area contributed by atoms with Crippen molar-refractivity contribution in [3.05, 3.63) is 82.3 Å². The molecule has 1 aromatic heterocycles. The van der Waals surface area contributed by atoms with E-state index in [1.165, 1.54) is 11.3 Å². The van der Waals surface area contributed by atoms with Gasteiger partial charge in [0, 0.05) is 10.0 Å². The maximum atomic E-state index is 13.5. The number of carbonyl (C=O) groups is 1. The largest absolute Gasteiger partial charge is 0.495 e. The molecule has 0 radical (unpaired) electrons. The van der Waals surface area contributed by atoms with Gasteiger partial charge in [0.25, 0.3) is 5.91 Å². The van der Waals surface area contributed by atoms with Gasteiger partial charge in [-0.3, -0.25) is 9.69 Å². The Morgan fingerprint density at radius 3 is 2.30 bits per heavy atom. The van der Waals surface area contributed by atoms with Crippen LogP contribution in [0.2, 0.25) is 0 Å². The van der Waals surface area contributed by atoms with Gasteiger partial charge in [-0.2, -0.15) is 0 Å². The Morgan fingerprint density at radius 1 is 0.967 bits per heavy atom. The van der Waals surface area contributed by atoms with Gasteiger partial charge in [-0.05, 0) is 42.0 Å². The molecule has 4 aromatic rings. The Balaban J connectivity index is 1.82. The van der Waals surface area contributed by atoms with E-state index in [9.17, 15) is 4.79 Å². The third-order valence-corrected chi connectivity index (χ3v) is 6.27. The quantitative estimate of drug-likeness (QED) is 0.342. The van der Waals surface area contributed by atoms with Crippen molar-refractivity contribution in [2.45, 2.75) is 6.54 Å². The molecule has 0 saturated carbocycles. The summed E-state index contributed by atoms with van der Waals surface area (Å²) >= 11 is 4.83. The van der Waals surface area contributed by atoms with Crippen molar-refractivity contribution in [1.29, 1.82) is 0 Å². The van der Waals surface area contributed by atoms with Crippen LogP contribution < -0.4 is 14.4 Å². The summed E-state index contributed by atoms with van der Waals surface area (Å²) < 4.78 is 12.7. The smallest absolute Gasteiger partial charge is 0.260 e. The van der Waals surface area contributed by atoms with Crippen LogP contribution in [0.15, 0.2) is 71.2 Å². The van der Waals surface area contributed by atoms with Crippen LogP contribution in [-0.4, -0.2) is 25.1 Å². The zero-order chi connectivity index (χ0) is 21.1. The molecule has 3 aromatic carbocycles. The number of fused-ring (bicyclic) bond motifs is 1. The Kier molecular flexibility index (Phi) is 6.01. The molecule has 0 saturated heterocycles. The molecule has 0 aliphatic carbocycles. The van der Waals surface area contributed by atoms with Crippen molar-refractivity contribution >= 4 is 48.5 Å². The number of hydrogen-bond donors (Lipinski definition) is 0. The van der Waals surface area contributed by atoms with Crippen molar-refractivity contribution in [1.82, 2.24) is 4.98 Å². The van der Waals surface area contributed by atoms with Crippen molar-refractivity contribution in [3.63, 3.8) is 0 Å². The number of aromatic nitrogens is 1. The van der Waals surface area contributed by atoms with Gasteiger partial charge in [-0.15, -0.1) is 0 Å². The van der Waals surface area contributed by atoms with Crippen molar-refractivity contribution in [2.24, 2.45) is 0 Å². The molecule has 152 valence electrons. The summed E-state index contributed by atoms with van der Waals surface area (Å²) in [6, 6.07) is 20.9. The van der Waals surface area contributed by atoms with E-state index >= 15 is 0 Å². The molecule has 1 amide bonds. The first-order valence-electron chi connectivity index (χ1n) is 9.23. The molecule has 0 unspecified atom stereocenters. The Labute approximate surface area is 187 Å². The van der Waals surface area contributed by atoms with E-state index in [1.54, 1.807) is 31.3 Å². The van der Waals surface area contributed by atoms with Crippen LogP contribution in [-0.2, 0) is 6.54 Å². The number of halogens is 1. The molecule has 0 bridgehead atoms. The molecule has 1 heterocycles. The average Bonchev–Trinajstić information content (AvgIpc) is 3.23. The van der Waals surface area contributed by atoms with Gasteiger partial charge in [0.05, 0.1) is 20.8 Å². The first-order valence-corrected chi connectivity index (χ1v) is 10.8. The van der Waals surface area contributed by atoms with Crippen molar-refractivity contribution in [3.8, 4) is 11.5 Å². The molecule has 0 aliphatic rings. The summed E-state index contributed by atoms with van der Waals surface area (Å²) in [4.78, 5) is 19.9. The molecule has 0 N–H and O–H groups in total. The number of benzene rings is 3. The number of amides is 1. The molecular formula is C23H19BrN2O3S. The fourth-order valence-electron chi connectivity index (χ4n) is 3.13. The van der Waals surface area contributed by atoms with Crippen LogP contribution in [0.25, 0.3) is 10.2 Å². The van der Waals surface area contributed by atoms with Crippen LogP contribution in [0.5, 0.6) is 11.5 Å². The van der Waals surface area contributed by atoms with Crippen LogP contribution in [0.1, 0.15) is 15.9 Å². The van der Waals surface area contributed by atoms with E-state index in [2.05, 4.69) is 15.9 Å². The summed E-state index contributed by atoms with van der Waals surface area (Å²) in [5, 5.41) is 0.588. The second kappa shape index (κ2) is 8.85. The third kappa shape index (κ3) is 4.04. The number of thiazole rings is 1. The number of anilines is 1. The predicted octanol–water partition coefficient (Wildman–Crippen LogP) is 5.92. The van der Waals surface area contributed by atoms with Gasteiger partial charge in [-0.1, -0.05) is 57.6 Å². The number of ether oxygens (including phenoxy) is 2. The van der Waals surface area contributed by atoms with Gasteiger partial charge < -0.3 is 9.47 Å². The van der Waals surface area contributed by atoms with Crippen molar-refractivity contribution in [2.75, 3.05) is 19.1 Å². The Bertz CT molecular complexity index is 1140. The van der Waals surface area contributed by atoms with Crippen LogP contribution >= 0.6 is 27.3 Å². The molecule has 0 aliphatic heterocycles. The molecular weight excluding hydrogens is 464 g/mol. The lowest BCUT2D eigenvalue weighted by molar-refractivity contribution is 0.0985. The summed E-state index contributed by atoms with van der Waals surface area (Å²) in [7, 11) is 3.23. The van der Waals surface area contributed by atoms with Gasteiger partial charge in [0.1, 0.15) is 21.7 Å². The SMILES string of the molecule is COc1ccc(OC)c2sc(N(Cc3ccccc3)C(=O)c3ccc(Br)cc3)nc12. The van der Waals surface area contributed by atoms with E-state index in [0.29, 0.717) is 34.3 Å². The van der Waals surface area contributed by atoms with E-state index < -0.39 is 0 Å². The van der Waals surface area contributed by atoms with E-state index in [-0.39, 0.29) is 5.91 Å². The minimum atomic E-state index is -0.122. The highest BCUT2D eigenvalue weighted by molar-refractivity contribution is 9.10. The summed E-state index contributed by atoms with van der Waals surface area (Å²) in [5.41, 5.74) is 2.28. The Hall–Kier alpha value is -2.90. The normalized spacial score (nSPS) is 10.8. The van der Waals surface area contributed by atoms with Crippen LogP contribution in [0.4, 0.5) is 5.13 Å². The van der Waals surface area contributed by atoms with Crippen molar-refractivity contribution < 1.29 is 14.3 Å². The second-order valence-electron chi connectivity index (χ2n) is 6.53. The highest BCUT2D eigenvalue weighted by Crippen LogP contribution is 2.40. The molecule has 5 nitrogen and oxygen atoms in total. The number of rotatable bonds is 6. The summed E-state index contributed by atoms with van der Waals surface area (Å²) in [6.45, 7) is 0.403. The summed E-state index contributed by atoms with van der Waals surface area (Å²) in [5.74, 6) is 1.22. The van der Waals surface area contributed by atoms with Gasteiger partial charge >= 0.3 is 0 Å². The zero-order valence-electron chi connectivity index (χ0n) is 16.5. The number of methoxy groups -OCH3 is 2. The minimum Gasteiger partial charge on any atom is -0.495 e. The lowest BCUT2D eigenvalue weighted by Gasteiger charge is -2.20. The standard InChI is InChI=1S/C23H19BrN2O3S/c1-28-18-12-13-19(29-2)21-20(18)25-23(30-21)26(14-15-6-4-3-5-7-15)22(27)16-8-10-17(24)11-9-16/h3-13H,14H2,1-2H3. The van der Waals surface area contributed by atoms with Gasteiger partial charge in [0.15, 0.2) is 5.13 Å². The molecule has 30 heavy (non-hydrogen) atoms. The topological polar surface area (TPSA) is 51.7 Å². The highest BCUT2D eigenvalue weighted by atomic mass is 79.9. The molecule has 4 rings (SSSR count). The average molecular weight is 483 g/mol. The predicted molar refractivity (Wildman–Crippen MR) is 124 cm³/mol.